The summed E-state index contributed by atoms with van der Waals surface area (Å²) in [7, 11) is 0. The Hall–Kier alpha value is -1.10. The summed E-state index contributed by atoms with van der Waals surface area (Å²) in [6.07, 6.45) is 0. The number of benzene rings is 1. The van der Waals surface area contributed by atoms with E-state index in [0.717, 1.165) is 16.7 Å². The predicted octanol–water partition coefficient (Wildman–Crippen LogP) is 5.85. The number of nitrogens with one attached hydrogen (secondary N) is 1. The molecule has 1 nitrogen and oxygen atoms in total. The molecule has 0 fully saturated rings. The van der Waals surface area contributed by atoms with Gasteiger partial charge in [0.1, 0.15) is 0 Å². The summed E-state index contributed by atoms with van der Waals surface area (Å²) in [6, 6.07) is 14.8. The highest BCUT2D eigenvalue weighted by molar-refractivity contribution is 9.10. The van der Waals surface area contributed by atoms with Gasteiger partial charge in [0.15, 0.2) is 0 Å². The van der Waals surface area contributed by atoms with Gasteiger partial charge in [-0.3, -0.25) is 0 Å². The monoisotopic (exact) mass is 349 g/mol. The summed E-state index contributed by atoms with van der Waals surface area (Å²) in [5.41, 5.74) is 2.47. The number of hydrogen-bond donors (Lipinski definition) is 1. The third kappa shape index (κ3) is 3.26. The van der Waals surface area contributed by atoms with Gasteiger partial charge in [-0.15, -0.1) is 22.7 Å². The van der Waals surface area contributed by atoms with Gasteiger partial charge in [-0.05, 0) is 47.2 Å². The van der Waals surface area contributed by atoms with E-state index in [1.165, 1.54) is 15.3 Å². The molecule has 1 N–H and O–H groups in total. The van der Waals surface area contributed by atoms with Crippen LogP contribution in [0.2, 0.25) is 0 Å². The van der Waals surface area contributed by atoms with Crippen LogP contribution in [0, 0.1) is 0 Å². The molecule has 2 aromatic heterocycles. The molecule has 0 bridgehead atoms. The van der Waals surface area contributed by atoms with Gasteiger partial charge in [-0.25, -0.2) is 0 Å². The van der Waals surface area contributed by atoms with Crippen LogP contribution < -0.4 is 5.32 Å². The van der Waals surface area contributed by atoms with E-state index in [2.05, 4.69) is 62.3 Å². The molecule has 0 aliphatic carbocycles. The molecule has 1 aromatic carbocycles. The number of rotatable bonds is 4. The number of hydrogen-bond acceptors (Lipinski definition) is 3. The lowest BCUT2D eigenvalue weighted by Crippen LogP contribution is -1.96. The first kappa shape index (κ1) is 12.9. The Labute approximate surface area is 129 Å². The summed E-state index contributed by atoms with van der Waals surface area (Å²) in [4.78, 5) is 2.69. The first-order valence-electron chi connectivity index (χ1n) is 5.92. The molecule has 0 saturated heterocycles. The van der Waals surface area contributed by atoms with Crippen molar-refractivity contribution < 1.29 is 0 Å². The molecule has 0 radical (unpaired) electrons. The Balaban J connectivity index is 1.66. The van der Waals surface area contributed by atoms with Crippen molar-refractivity contribution >= 4 is 44.3 Å². The average molecular weight is 350 g/mol. The minimum atomic E-state index is 0.873. The van der Waals surface area contributed by atoms with Crippen molar-refractivity contribution in [2.24, 2.45) is 0 Å². The van der Waals surface area contributed by atoms with Gasteiger partial charge >= 0.3 is 0 Å². The second-order valence-corrected chi connectivity index (χ2v) is 7.00. The molecule has 0 spiro atoms. The maximum absolute atomic E-state index is 3.44. The van der Waals surface area contributed by atoms with Crippen LogP contribution >= 0.6 is 38.6 Å². The largest absolute Gasteiger partial charge is 0.380 e. The van der Waals surface area contributed by atoms with E-state index in [-0.39, 0.29) is 0 Å². The Kier molecular flexibility index (Phi) is 4.01. The summed E-state index contributed by atoms with van der Waals surface area (Å²) >= 11 is 7.03. The fourth-order valence-corrected chi connectivity index (χ4v) is 3.68. The zero-order valence-electron chi connectivity index (χ0n) is 10.1. The second-order valence-electron chi connectivity index (χ2n) is 4.14. The van der Waals surface area contributed by atoms with Gasteiger partial charge in [0.2, 0.25) is 0 Å². The normalized spacial score (nSPS) is 10.6. The van der Waals surface area contributed by atoms with Crippen molar-refractivity contribution in [2.75, 3.05) is 5.32 Å². The van der Waals surface area contributed by atoms with Gasteiger partial charge in [0.05, 0.1) is 0 Å². The van der Waals surface area contributed by atoms with Crippen LogP contribution in [0.1, 0.15) is 4.88 Å². The van der Waals surface area contributed by atoms with Crippen LogP contribution in [0.4, 0.5) is 5.69 Å². The van der Waals surface area contributed by atoms with Gasteiger partial charge in [-0.2, -0.15) is 0 Å². The summed E-state index contributed by atoms with van der Waals surface area (Å²) in [5, 5.41) is 7.78. The van der Waals surface area contributed by atoms with Crippen molar-refractivity contribution in [3.8, 4) is 10.4 Å². The molecule has 0 aliphatic heterocycles. The van der Waals surface area contributed by atoms with Gasteiger partial charge < -0.3 is 5.32 Å². The standard InChI is InChI=1S/C15H12BrNS2/c16-12-3-5-13(6-4-12)17-9-14-8-11(10-19-14)15-2-1-7-18-15/h1-8,10,17H,9H2. The van der Waals surface area contributed by atoms with Gasteiger partial charge in [0, 0.05) is 32.0 Å². The Morgan fingerprint density at radius 3 is 2.63 bits per heavy atom. The fraction of sp³-hybridized carbons (Fsp3) is 0.0667. The molecule has 0 atom stereocenters. The van der Waals surface area contributed by atoms with Crippen LogP contribution in [0.25, 0.3) is 10.4 Å². The molecule has 2 heterocycles. The van der Waals surface area contributed by atoms with Crippen molar-refractivity contribution in [2.45, 2.75) is 6.54 Å². The minimum Gasteiger partial charge on any atom is -0.380 e. The average Bonchev–Trinajstić information content (AvgIpc) is 3.09. The molecule has 96 valence electrons. The highest BCUT2D eigenvalue weighted by atomic mass is 79.9. The smallest absolute Gasteiger partial charge is 0.0494 e. The summed E-state index contributed by atoms with van der Waals surface area (Å²) < 4.78 is 1.11. The van der Waals surface area contributed by atoms with Crippen LogP contribution in [0.3, 0.4) is 0 Å². The Morgan fingerprint density at radius 1 is 1.05 bits per heavy atom. The van der Waals surface area contributed by atoms with E-state index >= 15 is 0 Å². The van der Waals surface area contributed by atoms with Crippen LogP contribution in [0.5, 0.6) is 0 Å². The quantitative estimate of drug-likeness (QED) is 0.622. The summed E-state index contributed by atoms with van der Waals surface area (Å²) in [5.74, 6) is 0. The predicted molar refractivity (Wildman–Crippen MR) is 89.1 cm³/mol. The van der Waals surface area contributed by atoms with E-state index in [0.29, 0.717) is 0 Å². The maximum atomic E-state index is 3.44. The minimum absolute atomic E-state index is 0.873. The highest BCUT2D eigenvalue weighted by Gasteiger charge is 2.03. The SMILES string of the molecule is Brc1ccc(NCc2cc(-c3cccs3)cs2)cc1. The number of thiophene rings is 2. The second kappa shape index (κ2) is 5.90. The van der Waals surface area contributed by atoms with Crippen molar-refractivity contribution in [1.29, 1.82) is 0 Å². The Bertz CT molecular complexity index is 641. The first-order valence-corrected chi connectivity index (χ1v) is 8.47. The molecule has 0 amide bonds. The van der Waals surface area contributed by atoms with Crippen LogP contribution in [-0.2, 0) is 6.54 Å². The number of anilines is 1. The van der Waals surface area contributed by atoms with Crippen molar-refractivity contribution in [3.63, 3.8) is 0 Å². The molecule has 0 aliphatic rings. The lowest BCUT2D eigenvalue weighted by molar-refractivity contribution is 1.19. The molecule has 3 aromatic rings. The fourth-order valence-electron chi connectivity index (χ4n) is 1.80. The molecule has 0 saturated carbocycles. The van der Waals surface area contributed by atoms with Crippen molar-refractivity contribution in [3.05, 3.63) is 62.6 Å². The summed E-state index contributed by atoms with van der Waals surface area (Å²) in [6.45, 7) is 0.873. The maximum Gasteiger partial charge on any atom is 0.0494 e. The molecular formula is C15H12BrNS2. The zero-order valence-corrected chi connectivity index (χ0v) is 13.3. The van der Waals surface area contributed by atoms with E-state index in [4.69, 9.17) is 0 Å². The molecule has 0 unspecified atom stereocenters. The van der Waals surface area contributed by atoms with Gasteiger partial charge in [-0.1, -0.05) is 22.0 Å². The number of halogens is 1. The lowest BCUT2D eigenvalue weighted by Gasteiger charge is -2.04. The van der Waals surface area contributed by atoms with Gasteiger partial charge in [0.25, 0.3) is 0 Å². The van der Waals surface area contributed by atoms with E-state index in [1.54, 1.807) is 22.7 Å². The van der Waals surface area contributed by atoms with E-state index in [1.807, 2.05) is 12.1 Å². The third-order valence-electron chi connectivity index (χ3n) is 2.77. The molecule has 3 rings (SSSR count). The van der Waals surface area contributed by atoms with E-state index < -0.39 is 0 Å². The first-order chi connectivity index (χ1) is 9.31. The molecule has 19 heavy (non-hydrogen) atoms. The highest BCUT2D eigenvalue weighted by Crippen LogP contribution is 2.29. The topological polar surface area (TPSA) is 12.0 Å². The zero-order chi connectivity index (χ0) is 13.1. The van der Waals surface area contributed by atoms with E-state index in [9.17, 15) is 0 Å². The van der Waals surface area contributed by atoms with Crippen LogP contribution in [0.15, 0.2) is 57.7 Å². The molecular weight excluding hydrogens is 338 g/mol. The third-order valence-corrected chi connectivity index (χ3v) is 5.15. The van der Waals surface area contributed by atoms with Crippen LogP contribution in [-0.4, -0.2) is 0 Å². The molecule has 4 heteroatoms. The Morgan fingerprint density at radius 2 is 1.89 bits per heavy atom. The lowest BCUT2D eigenvalue weighted by atomic mass is 10.2. The van der Waals surface area contributed by atoms with Crippen molar-refractivity contribution in [1.82, 2.24) is 0 Å².